The largest absolute Gasteiger partial charge is 0.493 e. The minimum Gasteiger partial charge on any atom is -0.493 e. The van der Waals surface area contributed by atoms with Gasteiger partial charge in [-0.05, 0) is 49.2 Å². The van der Waals surface area contributed by atoms with Crippen molar-refractivity contribution in [2.45, 2.75) is 32.4 Å². The first-order chi connectivity index (χ1) is 14.6. The van der Waals surface area contributed by atoms with Crippen molar-refractivity contribution in [2.24, 2.45) is 0 Å². The Hall–Kier alpha value is -2.87. The van der Waals surface area contributed by atoms with Crippen LogP contribution in [-0.4, -0.2) is 34.7 Å². The summed E-state index contributed by atoms with van der Waals surface area (Å²) in [4.78, 5) is 18.9. The second-order valence-electron chi connectivity index (χ2n) is 6.96. The van der Waals surface area contributed by atoms with E-state index in [1.54, 1.807) is 12.0 Å². The molecule has 8 heteroatoms. The molecule has 4 rings (SSSR count). The summed E-state index contributed by atoms with van der Waals surface area (Å²) < 4.78 is 17.5. The zero-order chi connectivity index (χ0) is 21.1. The summed E-state index contributed by atoms with van der Waals surface area (Å²) in [7, 11) is 1.59. The molecule has 0 saturated carbocycles. The van der Waals surface area contributed by atoms with Crippen molar-refractivity contribution in [3.05, 3.63) is 58.4 Å². The smallest absolute Gasteiger partial charge is 0.249 e. The lowest BCUT2D eigenvalue weighted by molar-refractivity contribution is -0.129. The molecule has 7 nitrogen and oxygen atoms in total. The fraction of sp³-hybridized carbons (Fsp3) is 0.318. The molecular formula is C22H22BrN3O4. The first-order valence-electron chi connectivity index (χ1n) is 9.77. The third kappa shape index (κ3) is 4.18. The zero-order valence-electron chi connectivity index (χ0n) is 16.8. The second kappa shape index (κ2) is 8.87. The van der Waals surface area contributed by atoms with Gasteiger partial charge < -0.3 is 18.9 Å². The van der Waals surface area contributed by atoms with E-state index in [1.807, 2.05) is 49.4 Å². The highest BCUT2D eigenvalue weighted by Gasteiger charge is 2.36. The number of amides is 1. The first kappa shape index (κ1) is 20.4. The molecular weight excluding hydrogens is 450 g/mol. The van der Waals surface area contributed by atoms with E-state index in [4.69, 9.17) is 14.0 Å². The molecule has 1 aromatic heterocycles. The van der Waals surface area contributed by atoms with Crippen LogP contribution in [0.25, 0.3) is 11.4 Å². The number of likely N-dealkylation sites (tertiary alicyclic amines) is 1. The third-order valence-corrected chi connectivity index (χ3v) is 5.57. The molecule has 1 amide bonds. The highest BCUT2D eigenvalue weighted by Crippen LogP contribution is 2.36. The molecule has 0 bridgehead atoms. The van der Waals surface area contributed by atoms with Crippen molar-refractivity contribution in [3.63, 3.8) is 0 Å². The molecule has 156 valence electrons. The molecule has 1 atom stereocenters. The molecule has 1 fully saturated rings. The molecule has 30 heavy (non-hydrogen) atoms. The predicted octanol–water partition coefficient (Wildman–Crippen LogP) is 4.77. The zero-order valence-corrected chi connectivity index (χ0v) is 18.4. The summed E-state index contributed by atoms with van der Waals surface area (Å²) >= 11 is 3.44. The van der Waals surface area contributed by atoms with Crippen molar-refractivity contribution in [2.75, 3.05) is 13.7 Å². The fourth-order valence-corrected chi connectivity index (χ4v) is 3.81. The number of benzene rings is 2. The van der Waals surface area contributed by atoms with Crippen LogP contribution in [0.1, 0.15) is 37.3 Å². The summed E-state index contributed by atoms with van der Waals surface area (Å²) in [6, 6.07) is 13.2. The third-order valence-electron chi connectivity index (χ3n) is 5.04. The maximum absolute atomic E-state index is 12.5. The molecule has 1 saturated heterocycles. The van der Waals surface area contributed by atoms with Gasteiger partial charge in [0.1, 0.15) is 6.04 Å². The minimum atomic E-state index is -0.230. The topological polar surface area (TPSA) is 77.7 Å². The molecule has 3 aromatic rings. The van der Waals surface area contributed by atoms with E-state index in [1.165, 1.54) is 0 Å². The summed E-state index contributed by atoms with van der Waals surface area (Å²) in [6.07, 6.45) is 1.12. The van der Waals surface area contributed by atoms with E-state index in [0.717, 1.165) is 15.6 Å². The monoisotopic (exact) mass is 471 g/mol. The van der Waals surface area contributed by atoms with Crippen molar-refractivity contribution < 1.29 is 18.8 Å². The van der Waals surface area contributed by atoms with E-state index in [-0.39, 0.29) is 11.9 Å². The molecule has 0 radical (unpaired) electrons. The number of aromatic nitrogens is 2. The maximum Gasteiger partial charge on any atom is 0.249 e. The average molecular weight is 472 g/mol. The first-order valence-corrected chi connectivity index (χ1v) is 10.6. The number of ether oxygens (including phenoxy) is 2. The highest BCUT2D eigenvalue weighted by atomic mass is 79.9. The normalized spacial score (nSPS) is 16.2. The quantitative estimate of drug-likeness (QED) is 0.493. The van der Waals surface area contributed by atoms with E-state index in [2.05, 4.69) is 26.1 Å². The van der Waals surface area contributed by atoms with Crippen molar-refractivity contribution >= 4 is 21.8 Å². The number of hydrogen-bond donors (Lipinski definition) is 0. The van der Waals surface area contributed by atoms with Crippen molar-refractivity contribution in [1.82, 2.24) is 15.0 Å². The molecule has 2 heterocycles. The molecule has 1 unspecified atom stereocenters. The van der Waals surface area contributed by atoms with Gasteiger partial charge in [-0.25, -0.2) is 0 Å². The summed E-state index contributed by atoms with van der Waals surface area (Å²) in [5, 5.41) is 4.13. The Balaban J connectivity index is 1.56. The van der Waals surface area contributed by atoms with Crippen molar-refractivity contribution in [3.8, 4) is 22.9 Å². The Morgan fingerprint density at radius 2 is 2.00 bits per heavy atom. The van der Waals surface area contributed by atoms with Gasteiger partial charge in [0.25, 0.3) is 0 Å². The van der Waals surface area contributed by atoms with E-state index in [9.17, 15) is 4.79 Å². The molecule has 0 aliphatic carbocycles. The van der Waals surface area contributed by atoms with Gasteiger partial charge in [0, 0.05) is 23.0 Å². The molecule has 2 aromatic carbocycles. The molecule has 0 spiro atoms. The standard InChI is InChI=1S/C22H22BrN3O4/c1-3-29-18-10-6-15(12-19(18)28-2)21-24-22(30-25-21)17-9-11-20(27)26(17)13-14-4-7-16(23)8-5-14/h4-8,10,12,17H,3,9,11,13H2,1-2H3. The van der Waals surface area contributed by atoms with Gasteiger partial charge in [-0.2, -0.15) is 4.98 Å². The van der Waals surface area contributed by atoms with Crippen LogP contribution in [0.2, 0.25) is 0 Å². The van der Waals surface area contributed by atoms with Gasteiger partial charge in [-0.1, -0.05) is 33.2 Å². The van der Waals surface area contributed by atoms with Crippen LogP contribution < -0.4 is 9.47 Å². The van der Waals surface area contributed by atoms with Crippen LogP contribution in [0.5, 0.6) is 11.5 Å². The van der Waals surface area contributed by atoms with E-state index in [0.29, 0.717) is 49.2 Å². The number of carbonyl (C=O) groups excluding carboxylic acids is 1. The fourth-order valence-electron chi connectivity index (χ4n) is 3.54. The van der Waals surface area contributed by atoms with Crippen molar-refractivity contribution in [1.29, 1.82) is 0 Å². The average Bonchev–Trinajstić information content (AvgIpc) is 3.37. The van der Waals surface area contributed by atoms with E-state index >= 15 is 0 Å². The maximum atomic E-state index is 12.5. The van der Waals surface area contributed by atoms with Gasteiger partial charge >= 0.3 is 0 Å². The summed E-state index contributed by atoms with van der Waals surface area (Å²) in [5.74, 6) is 2.25. The minimum absolute atomic E-state index is 0.0883. The second-order valence-corrected chi connectivity index (χ2v) is 7.87. The summed E-state index contributed by atoms with van der Waals surface area (Å²) in [6.45, 7) is 2.97. The SMILES string of the molecule is CCOc1ccc(-c2noc(C3CCC(=O)N3Cc3ccc(Br)cc3)n2)cc1OC. The van der Waals surface area contributed by atoms with Gasteiger partial charge in [0.05, 0.1) is 13.7 Å². The number of rotatable bonds is 7. The Bertz CT molecular complexity index is 1040. The predicted molar refractivity (Wildman–Crippen MR) is 114 cm³/mol. The van der Waals surface area contributed by atoms with Crippen LogP contribution in [-0.2, 0) is 11.3 Å². The van der Waals surface area contributed by atoms with Crippen LogP contribution in [0.15, 0.2) is 51.5 Å². The number of hydrogen-bond acceptors (Lipinski definition) is 6. The molecule has 1 aliphatic rings. The lowest BCUT2D eigenvalue weighted by Gasteiger charge is -2.22. The van der Waals surface area contributed by atoms with Gasteiger partial charge in [0.15, 0.2) is 11.5 Å². The van der Waals surface area contributed by atoms with Gasteiger partial charge in [-0.3, -0.25) is 4.79 Å². The highest BCUT2D eigenvalue weighted by molar-refractivity contribution is 9.10. The molecule has 0 N–H and O–H groups in total. The number of halogens is 1. The lowest BCUT2D eigenvalue weighted by atomic mass is 10.1. The van der Waals surface area contributed by atoms with Crippen LogP contribution in [0, 0.1) is 0 Å². The Morgan fingerprint density at radius 1 is 1.20 bits per heavy atom. The van der Waals surface area contributed by atoms with Crippen LogP contribution >= 0.6 is 15.9 Å². The van der Waals surface area contributed by atoms with Gasteiger partial charge in [-0.15, -0.1) is 0 Å². The lowest BCUT2D eigenvalue weighted by Crippen LogP contribution is -2.27. The number of methoxy groups -OCH3 is 1. The number of nitrogens with zero attached hydrogens (tertiary/aromatic N) is 3. The summed E-state index contributed by atoms with van der Waals surface area (Å²) in [5.41, 5.74) is 1.81. The van der Waals surface area contributed by atoms with Gasteiger partial charge in [0.2, 0.25) is 17.6 Å². The number of carbonyl (C=O) groups is 1. The Morgan fingerprint density at radius 3 is 2.73 bits per heavy atom. The molecule has 1 aliphatic heterocycles. The Kier molecular flexibility index (Phi) is 6.03. The van der Waals surface area contributed by atoms with E-state index < -0.39 is 0 Å². The Labute approximate surface area is 183 Å². The van der Waals surface area contributed by atoms with Crippen LogP contribution in [0.4, 0.5) is 0 Å². The van der Waals surface area contributed by atoms with Crippen LogP contribution in [0.3, 0.4) is 0 Å².